The molecule has 156 valence electrons. The van der Waals surface area contributed by atoms with Gasteiger partial charge in [-0.25, -0.2) is 4.79 Å². The molecule has 0 saturated carbocycles. The minimum absolute atomic E-state index is 0.127. The molecule has 0 unspecified atom stereocenters. The molecule has 0 spiro atoms. The lowest BCUT2D eigenvalue weighted by atomic mass is 10.2. The Morgan fingerprint density at radius 2 is 1.69 bits per heavy atom. The van der Waals surface area contributed by atoms with Crippen molar-refractivity contribution in [2.24, 2.45) is 0 Å². The second-order valence-electron chi connectivity index (χ2n) is 5.56. The Kier molecular flexibility index (Phi) is 8.14. The summed E-state index contributed by atoms with van der Waals surface area (Å²) in [6.07, 6.45) is 0. The molecule has 0 aliphatic rings. The van der Waals surface area contributed by atoms with E-state index in [0.717, 1.165) is 0 Å². The summed E-state index contributed by atoms with van der Waals surface area (Å²) in [6, 6.07) is 8.43. The molecule has 2 rings (SSSR count). The summed E-state index contributed by atoms with van der Waals surface area (Å²) in [6.45, 7) is 1.81. The van der Waals surface area contributed by atoms with Crippen LogP contribution in [0.2, 0.25) is 0 Å². The van der Waals surface area contributed by atoms with E-state index in [1.807, 2.05) is 6.92 Å². The number of anilines is 1. The number of rotatable bonds is 9. The number of methoxy groups -OCH3 is 3. The van der Waals surface area contributed by atoms with E-state index in [-0.39, 0.29) is 17.1 Å². The Bertz CT molecular complexity index is 885. The number of hydrogen-bond donors (Lipinski definition) is 1. The van der Waals surface area contributed by atoms with Gasteiger partial charge in [-0.15, -0.1) is 0 Å². The van der Waals surface area contributed by atoms with Gasteiger partial charge in [0.05, 0.1) is 43.7 Å². The molecule has 9 heteroatoms. The van der Waals surface area contributed by atoms with Crippen LogP contribution in [0.3, 0.4) is 0 Å². The van der Waals surface area contributed by atoms with E-state index in [4.69, 9.17) is 23.7 Å². The van der Waals surface area contributed by atoms with Gasteiger partial charge in [-0.2, -0.15) is 0 Å². The highest BCUT2D eigenvalue weighted by atomic mass is 79.9. The zero-order valence-electron chi connectivity index (χ0n) is 16.5. The molecule has 1 N–H and O–H groups in total. The van der Waals surface area contributed by atoms with Crippen LogP contribution >= 0.6 is 15.9 Å². The van der Waals surface area contributed by atoms with Gasteiger partial charge >= 0.3 is 5.97 Å². The van der Waals surface area contributed by atoms with Gasteiger partial charge in [-0.3, -0.25) is 4.79 Å². The standard InChI is InChI=1S/C20H22BrNO7/c1-5-28-14-9-7-6-8-13(14)22-16(23)11-29-20(24)12-10-15(25-2)18(26-3)19(27-4)17(12)21/h6-10H,5,11H2,1-4H3,(H,22,23). The SMILES string of the molecule is CCOc1ccccc1NC(=O)COC(=O)c1cc(OC)c(OC)c(OC)c1Br. The molecule has 29 heavy (non-hydrogen) atoms. The fourth-order valence-corrected chi connectivity index (χ4v) is 3.13. The molecule has 1 amide bonds. The fraction of sp³-hybridized carbons (Fsp3) is 0.300. The van der Waals surface area contributed by atoms with Crippen LogP contribution in [0, 0.1) is 0 Å². The molecule has 2 aromatic rings. The van der Waals surface area contributed by atoms with Crippen LogP contribution in [0.25, 0.3) is 0 Å². The van der Waals surface area contributed by atoms with Crippen molar-refractivity contribution < 1.29 is 33.3 Å². The third-order valence-corrected chi connectivity index (χ3v) is 4.57. The Hall–Kier alpha value is -2.94. The maximum absolute atomic E-state index is 12.5. The minimum Gasteiger partial charge on any atom is -0.493 e. The Morgan fingerprint density at radius 3 is 2.31 bits per heavy atom. The molecule has 0 atom stereocenters. The zero-order chi connectivity index (χ0) is 21.4. The van der Waals surface area contributed by atoms with Gasteiger partial charge in [0.25, 0.3) is 5.91 Å². The first-order valence-electron chi connectivity index (χ1n) is 8.64. The predicted octanol–water partition coefficient (Wildman–Crippen LogP) is 3.67. The number of nitrogens with one attached hydrogen (secondary N) is 1. The van der Waals surface area contributed by atoms with Crippen LogP contribution in [0.4, 0.5) is 5.69 Å². The molecule has 8 nitrogen and oxygen atoms in total. The number of esters is 1. The summed E-state index contributed by atoms with van der Waals surface area (Å²) in [5, 5.41) is 2.66. The average molecular weight is 468 g/mol. The third-order valence-electron chi connectivity index (χ3n) is 3.78. The van der Waals surface area contributed by atoms with Gasteiger partial charge in [0.2, 0.25) is 5.75 Å². The maximum Gasteiger partial charge on any atom is 0.340 e. The number of carbonyl (C=O) groups excluding carboxylic acids is 2. The van der Waals surface area contributed by atoms with Gasteiger partial charge in [-0.05, 0) is 41.1 Å². The van der Waals surface area contributed by atoms with Gasteiger partial charge in [0.1, 0.15) is 5.75 Å². The minimum atomic E-state index is -0.732. The van der Waals surface area contributed by atoms with Gasteiger partial charge in [0.15, 0.2) is 18.1 Å². The number of halogens is 1. The molecule has 0 bridgehead atoms. The van der Waals surface area contributed by atoms with E-state index < -0.39 is 18.5 Å². The summed E-state index contributed by atoms with van der Waals surface area (Å²) < 4.78 is 26.7. The van der Waals surface area contributed by atoms with Crippen LogP contribution in [0.1, 0.15) is 17.3 Å². The molecule has 0 radical (unpaired) electrons. The van der Waals surface area contributed by atoms with Crippen molar-refractivity contribution in [2.45, 2.75) is 6.92 Å². The molecule has 0 fully saturated rings. The van der Waals surface area contributed by atoms with Crippen molar-refractivity contribution in [1.82, 2.24) is 0 Å². The number of benzene rings is 2. The first-order chi connectivity index (χ1) is 14.0. The normalized spacial score (nSPS) is 10.1. The highest BCUT2D eigenvalue weighted by molar-refractivity contribution is 9.10. The smallest absolute Gasteiger partial charge is 0.340 e. The van der Waals surface area contributed by atoms with Crippen molar-refractivity contribution >= 4 is 33.5 Å². The fourth-order valence-electron chi connectivity index (χ4n) is 2.52. The van der Waals surface area contributed by atoms with Crippen molar-refractivity contribution in [3.8, 4) is 23.0 Å². The Morgan fingerprint density at radius 1 is 1.00 bits per heavy atom. The highest BCUT2D eigenvalue weighted by Crippen LogP contribution is 2.44. The third kappa shape index (κ3) is 5.32. The quantitative estimate of drug-likeness (QED) is 0.562. The number of hydrogen-bond acceptors (Lipinski definition) is 7. The molecule has 0 saturated heterocycles. The molecule has 2 aromatic carbocycles. The van der Waals surface area contributed by atoms with Crippen LogP contribution in [0.5, 0.6) is 23.0 Å². The molecule has 0 aromatic heterocycles. The predicted molar refractivity (Wildman–Crippen MR) is 110 cm³/mol. The Labute approximate surface area is 177 Å². The van der Waals surface area contributed by atoms with E-state index in [0.29, 0.717) is 28.3 Å². The highest BCUT2D eigenvalue weighted by Gasteiger charge is 2.24. The van der Waals surface area contributed by atoms with E-state index in [1.54, 1.807) is 24.3 Å². The lowest BCUT2D eigenvalue weighted by Crippen LogP contribution is -2.21. The first kappa shape index (κ1) is 22.4. The van der Waals surface area contributed by atoms with E-state index in [2.05, 4.69) is 21.2 Å². The van der Waals surface area contributed by atoms with Crippen molar-refractivity contribution in [3.63, 3.8) is 0 Å². The van der Waals surface area contributed by atoms with Crippen LogP contribution < -0.4 is 24.3 Å². The largest absolute Gasteiger partial charge is 0.493 e. The van der Waals surface area contributed by atoms with E-state index in [1.165, 1.54) is 27.4 Å². The summed E-state index contributed by atoms with van der Waals surface area (Å²) in [5.41, 5.74) is 0.617. The zero-order valence-corrected chi connectivity index (χ0v) is 18.1. The van der Waals surface area contributed by atoms with Gasteiger partial charge in [0, 0.05) is 0 Å². The molecule has 0 aliphatic heterocycles. The first-order valence-corrected chi connectivity index (χ1v) is 9.43. The number of carbonyl (C=O) groups is 2. The van der Waals surface area contributed by atoms with Crippen LogP contribution in [-0.2, 0) is 9.53 Å². The lowest BCUT2D eigenvalue weighted by molar-refractivity contribution is -0.119. The molecular weight excluding hydrogens is 446 g/mol. The topological polar surface area (TPSA) is 92.3 Å². The Balaban J connectivity index is 2.12. The summed E-state index contributed by atoms with van der Waals surface area (Å²) >= 11 is 3.31. The number of para-hydroxylation sites is 2. The second-order valence-corrected chi connectivity index (χ2v) is 6.35. The number of amides is 1. The summed E-state index contributed by atoms with van der Waals surface area (Å²) in [5.74, 6) is 0.174. The monoisotopic (exact) mass is 467 g/mol. The summed E-state index contributed by atoms with van der Waals surface area (Å²) in [4.78, 5) is 24.7. The molecule has 0 heterocycles. The van der Waals surface area contributed by atoms with Gasteiger partial charge < -0.3 is 29.0 Å². The van der Waals surface area contributed by atoms with Crippen molar-refractivity contribution in [3.05, 3.63) is 40.4 Å². The summed E-state index contributed by atoms with van der Waals surface area (Å²) in [7, 11) is 4.32. The van der Waals surface area contributed by atoms with Crippen LogP contribution in [0.15, 0.2) is 34.8 Å². The average Bonchev–Trinajstić information content (AvgIpc) is 2.73. The number of ether oxygens (including phenoxy) is 5. The van der Waals surface area contributed by atoms with E-state index in [9.17, 15) is 9.59 Å². The lowest BCUT2D eigenvalue weighted by Gasteiger charge is -2.16. The van der Waals surface area contributed by atoms with Crippen molar-refractivity contribution in [2.75, 3.05) is 39.9 Å². The molecular formula is C20H22BrNO7. The van der Waals surface area contributed by atoms with Crippen molar-refractivity contribution in [1.29, 1.82) is 0 Å². The van der Waals surface area contributed by atoms with Gasteiger partial charge in [-0.1, -0.05) is 12.1 Å². The van der Waals surface area contributed by atoms with E-state index >= 15 is 0 Å². The second kappa shape index (κ2) is 10.6. The van der Waals surface area contributed by atoms with Crippen LogP contribution in [-0.4, -0.2) is 46.4 Å². The maximum atomic E-state index is 12.5. The molecule has 0 aliphatic carbocycles.